The summed E-state index contributed by atoms with van der Waals surface area (Å²) in [6.45, 7) is 1.85. The van der Waals surface area contributed by atoms with Crippen LogP contribution in [-0.2, 0) is 4.79 Å². The molecule has 0 radical (unpaired) electrons. The van der Waals surface area contributed by atoms with Crippen LogP contribution < -0.4 is 0 Å². The lowest BCUT2D eigenvalue weighted by Crippen LogP contribution is -2.59. The van der Waals surface area contributed by atoms with Crippen LogP contribution in [0.25, 0.3) is 0 Å². The number of carbonyl (C=O) groups excluding carboxylic acids is 2. The molecule has 1 aromatic heterocycles. The number of hydrogen-bond acceptors (Lipinski definition) is 4. The maximum Gasteiger partial charge on any atom is 0.273 e. The van der Waals surface area contributed by atoms with E-state index in [1.165, 1.54) is 4.90 Å². The summed E-state index contributed by atoms with van der Waals surface area (Å²) in [7, 11) is 5.37. The van der Waals surface area contributed by atoms with Gasteiger partial charge in [-0.15, -0.1) is 0 Å². The lowest BCUT2D eigenvalue weighted by molar-refractivity contribution is -0.135. The fraction of sp³-hybridized carbons (Fsp3) is 0.500. The van der Waals surface area contributed by atoms with Gasteiger partial charge in [0, 0.05) is 39.9 Å². The topological polar surface area (TPSA) is 56.8 Å². The van der Waals surface area contributed by atoms with Crippen molar-refractivity contribution < 1.29 is 9.59 Å². The molecule has 6 nitrogen and oxygen atoms in total. The molecule has 1 aromatic rings. The van der Waals surface area contributed by atoms with Crippen LogP contribution in [0.5, 0.6) is 0 Å². The van der Waals surface area contributed by atoms with Gasteiger partial charge in [0.15, 0.2) is 0 Å². The quantitative estimate of drug-likeness (QED) is 0.758. The van der Waals surface area contributed by atoms with Crippen molar-refractivity contribution in [2.24, 2.45) is 0 Å². The smallest absolute Gasteiger partial charge is 0.273 e. The zero-order chi connectivity index (χ0) is 14.7. The largest absolute Gasteiger partial charge is 0.347 e. The third-order valence-electron chi connectivity index (χ3n) is 3.45. The van der Waals surface area contributed by atoms with E-state index in [1.807, 2.05) is 7.05 Å². The molecule has 0 aliphatic carbocycles. The minimum Gasteiger partial charge on any atom is -0.347 e. The number of pyridine rings is 1. The summed E-state index contributed by atoms with van der Waals surface area (Å²) >= 11 is 0. The zero-order valence-corrected chi connectivity index (χ0v) is 12.1. The predicted molar refractivity (Wildman–Crippen MR) is 75.3 cm³/mol. The van der Waals surface area contributed by atoms with Crippen molar-refractivity contribution >= 4 is 11.8 Å². The first-order chi connectivity index (χ1) is 9.50. The maximum absolute atomic E-state index is 12.5. The molecule has 1 fully saturated rings. The second-order valence-corrected chi connectivity index (χ2v) is 5.22. The Kier molecular flexibility index (Phi) is 4.34. The van der Waals surface area contributed by atoms with Gasteiger partial charge in [0.05, 0.1) is 0 Å². The highest BCUT2D eigenvalue weighted by Crippen LogP contribution is 2.14. The summed E-state index contributed by atoms with van der Waals surface area (Å²) in [5, 5.41) is 0. The lowest BCUT2D eigenvalue weighted by Gasteiger charge is -2.39. The second kappa shape index (κ2) is 6.00. The van der Waals surface area contributed by atoms with Gasteiger partial charge in [-0.2, -0.15) is 0 Å². The number of aromatic nitrogens is 1. The molecule has 1 unspecified atom stereocenters. The summed E-state index contributed by atoms with van der Waals surface area (Å²) in [5.74, 6) is -0.236. The number of amides is 2. The molecule has 1 aliphatic rings. The summed E-state index contributed by atoms with van der Waals surface area (Å²) in [5.41, 5.74) is 0.383. The molecule has 20 heavy (non-hydrogen) atoms. The normalized spacial score (nSPS) is 19.8. The van der Waals surface area contributed by atoms with Crippen molar-refractivity contribution in [3.05, 3.63) is 30.1 Å². The molecule has 2 rings (SSSR count). The third-order valence-corrected chi connectivity index (χ3v) is 3.45. The molecule has 2 amide bonds. The minimum absolute atomic E-state index is 0.0548. The molecule has 6 heteroatoms. The lowest BCUT2D eigenvalue weighted by atomic mass is 10.1. The second-order valence-electron chi connectivity index (χ2n) is 5.22. The van der Waals surface area contributed by atoms with Crippen molar-refractivity contribution in [3.63, 3.8) is 0 Å². The molecule has 0 N–H and O–H groups in total. The van der Waals surface area contributed by atoms with E-state index in [-0.39, 0.29) is 11.8 Å². The van der Waals surface area contributed by atoms with Gasteiger partial charge < -0.3 is 14.7 Å². The Hall–Kier alpha value is -1.95. The van der Waals surface area contributed by atoms with Crippen molar-refractivity contribution in [2.75, 3.05) is 40.8 Å². The Morgan fingerprint density at radius 3 is 2.65 bits per heavy atom. The van der Waals surface area contributed by atoms with Crippen molar-refractivity contribution in [3.8, 4) is 0 Å². The number of likely N-dealkylation sites (N-methyl/N-ethyl adjacent to an activating group) is 2. The Labute approximate surface area is 119 Å². The summed E-state index contributed by atoms with van der Waals surface area (Å²) in [4.78, 5) is 34.1. The van der Waals surface area contributed by atoms with Gasteiger partial charge >= 0.3 is 0 Å². The van der Waals surface area contributed by atoms with E-state index in [0.29, 0.717) is 18.8 Å². The fourth-order valence-corrected chi connectivity index (χ4v) is 2.31. The van der Waals surface area contributed by atoms with Crippen LogP contribution >= 0.6 is 0 Å². The van der Waals surface area contributed by atoms with E-state index < -0.39 is 6.04 Å². The number of hydrogen-bond donors (Lipinski definition) is 0. The number of rotatable bonds is 2. The van der Waals surface area contributed by atoms with Crippen molar-refractivity contribution in [1.29, 1.82) is 0 Å². The Morgan fingerprint density at radius 2 is 2.05 bits per heavy atom. The van der Waals surface area contributed by atoms with E-state index in [0.717, 1.165) is 6.54 Å². The van der Waals surface area contributed by atoms with Crippen molar-refractivity contribution in [1.82, 2.24) is 19.7 Å². The predicted octanol–water partition coefficient (Wildman–Crippen LogP) is -0.0740. The van der Waals surface area contributed by atoms with Gasteiger partial charge in [0.25, 0.3) is 5.91 Å². The van der Waals surface area contributed by atoms with E-state index in [9.17, 15) is 9.59 Å². The molecular weight excluding hydrogens is 256 g/mol. The van der Waals surface area contributed by atoms with E-state index >= 15 is 0 Å². The van der Waals surface area contributed by atoms with Crippen LogP contribution in [0.2, 0.25) is 0 Å². The molecule has 1 aliphatic heterocycles. The highest BCUT2D eigenvalue weighted by atomic mass is 16.2. The van der Waals surface area contributed by atoms with Gasteiger partial charge in [0.1, 0.15) is 11.7 Å². The molecule has 0 bridgehead atoms. The minimum atomic E-state index is -0.446. The highest BCUT2D eigenvalue weighted by Gasteiger charge is 2.35. The first-order valence-corrected chi connectivity index (χ1v) is 6.62. The van der Waals surface area contributed by atoms with Crippen LogP contribution in [-0.4, -0.2) is 78.3 Å². The number of carbonyl (C=O) groups is 2. The number of piperazine rings is 1. The van der Waals surface area contributed by atoms with Crippen LogP contribution in [0.3, 0.4) is 0 Å². The first-order valence-electron chi connectivity index (χ1n) is 6.62. The average Bonchev–Trinajstić information content (AvgIpc) is 2.46. The van der Waals surface area contributed by atoms with Gasteiger partial charge in [0.2, 0.25) is 5.91 Å². The van der Waals surface area contributed by atoms with Gasteiger partial charge in [-0.05, 0) is 19.2 Å². The fourth-order valence-electron chi connectivity index (χ4n) is 2.31. The van der Waals surface area contributed by atoms with E-state index in [1.54, 1.807) is 43.4 Å². The standard InChI is InChI=1S/C14H20N4O2/c1-16(2)14(20)12-10-17(3)8-9-18(12)13(19)11-6-4-5-7-15-11/h4-7,12H,8-10H2,1-3H3. The van der Waals surface area contributed by atoms with E-state index in [2.05, 4.69) is 9.88 Å². The van der Waals surface area contributed by atoms with Crippen LogP contribution in [0, 0.1) is 0 Å². The highest BCUT2D eigenvalue weighted by molar-refractivity contribution is 5.96. The molecule has 108 valence electrons. The Bertz CT molecular complexity index is 489. The monoisotopic (exact) mass is 276 g/mol. The molecule has 0 aromatic carbocycles. The first kappa shape index (κ1) is 14.5. The summed E-state index contributed by atoms with van der Waals surface area (Å²) in [6, 6.07) is 4.78. The molecule has 1 saturated heterocycles. The van der Waals surface area contributed by atoms with E-state index in [4.69, 9.17) is 0 Å². The van der Waals surface area contributed by atoms with Gasteiger partial charge in [-0.1, -0.05) is 6.07 Å². The van der Waals surface area contributed by atoms with Crippen molar-refractivity contribution in [2.45, 2.75) is 6.04 Å². The zero-order valence-electron chi connectivity index (χ0n) is 12.1. The average molecular weight is 276 g/mol. The van der Waals surface area contributed by atoms with Gasteiger partial charge in [-0.25, -0.2) is 0 Å². The Morgan fingerprint density at radius 1 is 1.30 bits per heavy atom. The van der Waals surface area contributed by atoms with Crippen LogP contribution in [0.4, 0.5) is 0 Å². The maximum atomic E-state index is 12.5. The molecular formula is C14H20N4O2. The molecule has 0 spiro atoms. The molecule has 0 saturated carbocycles. The van der Waals surface area contributed by atoms with Crippen LogP contribution in [0.1, 0.15) is 10.5 Å². The third kappa shape index (κ3) is 2.96. The molecule has 2 heterocycles. The summed E-state index contributed by atoms with van der Waals surface area (Å²) in [6.07, 6.45) is 1.59. The Balaban J connectivity index is 2.23. The molecule has 1 atom stereocenters. The summed E-state index contributed by atoms with van der Waals surface area (Å²) < 4.78 is 0. The SMILES string of the molecule is CN1CCN(C(=O)c2ccccn2)C(C(=O)N(C)C)C1. The number of nitrogens with zero attached hydrogens (tertiary/aromatic N) is 4. The van der Waals surface area contributed by atoms with Gasteiger partial charge in [-0.3, -0.25) is 14.6 Å². The van der Waals surface area contributed by atoms with Crippen LogP contribution in [0.15, 0.2) is 24.4 Å².